The molecule has 24 heavy (non-hydrogen) atoms. The number of β-amino-alcohol motifs (C(OH)–C–C–N with tert-alkyl or cyclic N) is 1. The van der Waals surface area contributed by atoms with E-state index in [-0.39, 0.29) is 5.91 Å². The average molecular weight is 330 g/mol. The van der Waals surface area contributed by atoms with Crippen LogP contribution in [0.3, 0.4) is 0 Å². The minimum Gasteiger partial charge on any atom is -0.497 e. The molecule has 0 radical (unpaired) electrons. The summed E-state index contributed by atoms with van der Waals surface area (Å²) >= 11 is 0. The smallest absolute Gasteiger partial charge is 0.257 e. The first-order chi connectivity index (χ1) is 11.7. The summed E-state index contributed by atoms with van der Waals surface area (Å²) in [5, 5.41) is 10.4. The number of piperazine rings is 1. The molecule has 2 aromatic rings. The van der Waals surface area contributed by atoms with Gasteiger partial charge in [0.1, 0.15) is 12.0 Å². The largest absolute Gasteiger partial charge is 0.497 e. The van der Waals surface area contributed by atoms with Crippen LogP contribution in [0.5, 0.6) is 5.75 Å². The number of rotatable bonds is 5. The molecule has 1 aromatic carbocycles. The van der Waals surface area contributed by atoms with Gasteiger partial charge in [-0.1, -0.05) is 12.1 Å². The van der Waals surface area contributed by atoms with Crippen LogP contribution >= 0.6 is 0 Å². The molecule has 6 nitrogen and oxygen atoms in total. The molecule has 0 saturated carbocycles. The molecule has 6 heteroatoms. The first-order valence-corrected chi connectivity index (χ1v) is 8.03. The second kappa shape index (κ2) is 7.51. The average Bonchev–Trinajstić information content (AvgIpc) is 3.16. The van der Waals surface area contributed by atoms with Gasteiger partial charge in [0.15, 0.2) is 0 Å². The number of hydrogen-bond acceptors (Lipinski definition) is 5. The number of ether oxygens (including phenoxy) is 1. The minimum absolute atomic E-state index is 0.00301. The van der Waals surface area contributed by atoms with E-state index >= 15 is 0 Å². The summed E-state index contributed by atoms with van der Waals surface area (Å²) in [6.45, 7) is 3.32. The van der Waals surface area contributed by atoms with Gasteiger partial charge in [0.05, 0.1) is 25.0 Å². The summed E-state index contributed by atoms with van der Waals surface area (Å²) in [7, 11) is 1.61. The topological polar surface area (TPSA) is 66.2 Å². The van der Waals surface area contributed by atoms with Crippen LogP contribution in [0.1, 0.15) is 22.0 Å². The third kappa shape index (κ3) is 3.77. The lowest BCUT2D eigenvalue weighted by atomic mass is 10.1. The first kappa shape index (κ1) is 16.5. The van der Waals surface area contributed by atoms with Crippen molar-refractivity contribution in [2.45, 2.75) is 6.10 Å². The standard InChI is InChI=1S/C18H22N2O4/c1-23-16-4-2-3-14(11-16)17(21)12-19-6-8-20(9-7-19)18(22)15-5-10-24-13-15/h2-5,10-11,13,17,21H,6-9,12H2,1H3. The van der Waals surface area contributed by atoms with Crippen molar-refractivity contribution in [1.82, 2.24) is 9.80 Å². The molecule has 1 amide bonds. The third-order valence-electron chi connectivity index (χ3n) is 4.34. The van der Waals surface area contributed by atoms with Crippen LogP contribution in [0.15, 0.2) is 47.3 Å². The molecule has 1 aliphatic rings. The van der Waals surface area contributed by atoms with Crippen molar-refractivity contribution in [2.24, 2.45) is 0 Å². The SMILES string of the molecule is COc1cccc(C(O)CN2CCN(C(=O)c3ccoc3)CC2)c1. The van der Waals surface area contributed by atoms with Crippen LogP contribution in [0.25, 0.3) is 0 Å². The Morgan fingerprint density at radius 2 is 2.08 bits per heavy atom. The predicted octanol–water partition coefficient (Wildman–Crippen LogP) is 1.78. The number of aliphatic hydroxyl groups is 1. The molecular weight excluding hydrogens is 308 g/mol. The van der Waals surface area contributed by atoms with Crippen molar-refractivity contribution in [3.8, 4) is 5.75 Å². The lowest BCUT2D eigenvalue weighted by Crippen LogP contribution is -2.49. The monoisotopic (exact) mass is 330 g/mol. The fourth-order valence-corrected chi connectivity index (χ4v) is 2.90. The Morgan fingerprint density at radius 1 is 1.29 bits per heavy atom. The Hall–Kier alpha value is -2.31. The Bertz CT molecular complexity index is 663. The van der Waals surface area contributed by atoms with Crippen LogP contribution in [0.2, 0.25) is 0 Å². The van der Waals surface area contributed by atoms with Gasteiger partial charge in [0, 0.05) is 32.7 Å². The number of aliphatic hydroxyl groups excluding tert-OH is 1. The fraction of sp³-hybridized carbons (Fsp3) is 0.389. The van der Waals surface area contributed by atoms with E-state index < -0.39 is 6.10 Å². The second-order valence-electron chi connectivity index (χ2n) is 5.90. The van der Waals surface area contributed by atoms with Gasteiger partial charge in [-0.05, 0) is 23.8 Å². The molecule has 2 heterocycles. The van der Waals surface area contributed by atoms with E-state index in [1.807, 2.05) is 29.2 Å². The molecule has 0 bridgehead atoms. The maximum atomic E-state index is 12.3. The third-order valence-corrected chi connectivity index (χ3v) is 4.34. The number of methoxy groups -OCH3 is 1. The zero-order chi connectivity index (χ0) is 16.9. The summed E-state index contributed by atoms with van der Waals surface area (Å²) < 4.78 is 10.2. The normalized spacial score (nSPS) is 16.8. The summed E-state index contributed by atoms with van der Waals surface area (Å²) in [6, 6.07) is 9.16. The number of hydrogen-bond donors (Lipinski definition) is 1. The van der Waals surface area contributed by atoms with Gasteiger partial charge in [-0.25, -0.2) is 0 Å². The molecule has 1 N–H and O–H groups in total. The quantitative estimate of drug-likeness (QED) is 0.905. The van der Waals surface area contributed by atoms with Crippen LogP contribution < -0.4 is 4.74 Å². The highest BCUT2D eigenvalue weighted by Gasteiger charge is 2.24. The summed E-state index contributed by atoms with van der Waals surface area (Å²) in [6.07, 6.45) is 2.41. The van der Waals surface area contributed by atoms with Crippen LogP contribution in [-0.4, -0.2) is 60.6 Å². The van der Waals surface area contributed by atoms with E-state index in [1.54, 1.807) is 13.2 Å². The van der Waals surface area contributed by atoms with E-state index in [1.165, 1.54) is 12.5 Å². The molecule has 1 aromatic heterocycles. The van der Waals surface area contributed by atoms with E-state index in [4.69, 9.17) is 9.15 Å². The number of amides is 1. The van der Waals surface area contributed by atoms with E-state index in [0.717, 1.165) is 24.4 Å². The van der Waals surface area contributed by atoms with Gasteiger partial charge >= 0.3 is 0 Å². The fourth-order valence-electron chi connectivity index (χ4n) is 2.90. The predicted molar refractivity (Wildman–Crippen MR) is 89.0 cm³/mol. The number of furan rings is 1. The highest BCUT2D eigenvalue weighted by Crippen LogP contribution is 2.20. The van der Waals surface area contributed by atoms with E-state index in [9.17, 15) is 9.90 Å². The van der Waals surface area contributed by atoms with E-state index in [2.05, 4.69) is 4.90 Å². The van der Waals surface area contributed by atoms with Crippen LogP contribution in [0, 0.1) is 0 Å². The Kier molecular flexibility index (Phi) is 5.17. The molecule has 1 unspecified atom stereocenters. The van der Waals surface area contributed by atoms with Gasteiger partial charge in [0.2, 0.25) is 0 Å². The molecule has 1 aliphatic heterocycles. The molecule has 1 fully saturated rings. The molecule has 1 atom stereocenters. The first-order valence-electron chi connectivity index (χ1n) is 8.03. The zero-order valence-corrected chi connectivity index (χ0v) is 13.7. The molecule has 128 valence electrons. The second-order valence-corrected chi connectivity index (χ2v) is 5.90. The summed E-state index contributed by atoms with van der Waals surface area (Å²) in [5.41, 5.74) is 1.42. The van der Waals surface area contributed by atoms with Gasteiger partial charge in [0.25, 0.3) is 5.91 Å². The molecule has 0 spiro atoms. The molecule has 0 aliphatic carbocycles. The van der Waals surface area contributed by atoms with Crippen molar-refractivity contribution < 1.29 is 19.1 Å². The van der Waals surface area contributed by atoms with Gasteiger partial charge in [-0.2, -0.15) is 0 Å². The lowest BCUT2D eigenvalue weighted by molar-refractivity contribution is 0.0526. The highest BCUT2D eigenvalue weighted by atomic mass is 16.5. The van der Waals surface area contributed by atoms with Gasteiger partial charge in [-0.15, -0.1) is 0 Å². The molecular formula is C18H22N2O4. The number of benzene rings is 1. The number of carbonyl (C=O) groups is 1. The lowest BCUT2D eigenvalue weighted by Gasteiger charge is -2.35. The summed E-state index contributed by atoms with van der Waals surface area (Å²) in [5.74, 6) is 0.735. The van der Waals surface area contributed by atoms with Crippen molar-refractivity contribution in [3.63, 3.8) is 0 Å². The minimum atomic E-state index is -0.573. The van der Waals surface area contributed by atoms with Gasteiger partial charge in [-0.3, -0.25) is 9.69 Å². The van der Waals surface area contributed by atoms with Crippen molar-refractivity contribution >= 4 is 5.91 Å². The summed E-state index contributed by atoms with van der Waals surface area (Å²) in [4.78, 5) is 16.3. The van der Waals surface area contributed by atoms with Crippen LogP contribution in [0.4, 0.5) is 0 Å². The number of nitrogens with zero attached hydrogens (tertiary/aromatic N) is 2. The Labute approximate surface area is 141 Å². The molecule has 1 saturated heterocycles. The maximum absolute atomic E-state index is 12.3. The highest BCUT2D eigenvalue weighted by molar-refractivity contribution is 5.93. The maximum Gasteiger partial charge on any atom is 0.257 e. The molecule has 3 rings (SSSR count). The van der Waals surface area contributed by atoms with Crippen molar-refractivity contribution in [1.29, 1.82) is 0 Å². The van der Waals surface area contributed by atoms with Gasteiger partial charge < -0.3 is 19.2 Å². The van der Waals surface area contributed by atoms with Crippen molar-refractivity contribution in [3.05, 3.63) is 54.0 Å². The number of carbonyl (C=O) groups excluding carboxylic acids is 1. The zero-order valence-electron chi connectivity index (χ0n) is 13.7. The van der Waals surface area contributed by atoms with Crippen LogP contribution in [-0.2, 0) is 0 Å². The Morgan fingerprint density at radius 3 is 2.75 bits per heavy atom. The Balaban J connectivity index is 1.52. The van der Waals surface area contributed by atoms with E-state index in [0.29, 0.717) is 25.2 Å². The van der Waals surface area contributed by atoms with Crippen molar-refractivity contribution in [2.75, 3.05) is 39.8 Å².